The van der Waals surface area contributed by atoms with Gasteiger partial charge in [-0.25, -0.2) is 0 Å². The molecule has 2 aromatic rings. The van der Waals surface area contributed by atoms with Gasteiger partial charge in [-0.1, -0.05) is 17.7 Å². The molecule has 126 valence electrons. The van der Waals surface area contributed by atoms with Crippen molar-refractivity contribution in [3.63, 3.8) is 0 Å². The van der Waals surface area contributed by atoms with E-state index >= 15 is 0 Å². The van der Waals surface area contributed by atoms with Crippen LogP contribution in [-0.2, 0) is 6.42 Å². The molecule has 4 rings (SSSR count). The predicted molar refractivity (Wildman–Crippen MR) is 99.8 cm³/mol. The average molecular weight is 321 g/mol. The maximum Gasteiger partial charge on any atom is 0.0405 e. The smallest absolute Gasteiger partial charge is 0.0405 e. The van der Waals surface area contributed by atoms with Crippen LogP contribution in [0.2, 0.25) is 0 Å². The number of aryl methyl sites for hydroxylation is 2. The Kier molecular flexibility index (Phi) is 4.28. The van der Waals surface area contributed by atoms with Crippen molar-refractivity contribution >= 4 is 5.69 Å². The number of rotatable bonds is 3. The number of aromatic nitrogens is 1. The Labute approximate surface area is 145 Å². The molecule has 0 unspecified atom stereocenters. The lowest BCUT2D eigenvalue weighted by Gasteiger charge is -2.29. The van der Waals surface area contributed by atoms with Gasteiger partial charge in [0.15, 0.2) is 0 Å². The minimum atomic E-state index is 0.636. The molecule has 1 saturated heterocycles. The van der Waals surface area contributed by atoms with Crippen LogP contribution in [0.5, 0.6) is 0 Å². The second-order valence-electron chi connectivity index (χ2n) is 7.33. The topological polar surface area (TPSA) is 28.2 Å². The Morgan fingerprint density at radius 2 is 2.17 bits per heavy atom. The van der Waals surface area contributed by atoms with Crippen LogP contribution in [0.4, 0.5) is 5.69 Å². The van der Waals surface area contributed by atoms with Crippen LogP contribution >= 0.6 is 0 Å². The molecular weight excluding hydrogens is 294 g/mol. The first-order chi connectivity index (χ1) is 11.7. The molecule has 1 aromatic carbocycles. The van der Waals surface area contributed by atoms with Crippen LogP contribution < -0.4 is 10.2 Å². The standard InChI is InChI=1S/C21H27N3/c1-15-5-6-21-18(12-15)19-14-22-9-3-4-20(19)24(21)11-8-17-13-23-10-7-16(17)2/h5-7,10,12-13,19-20,22H,3-4,8-9,11,14H2,1-2H3/t19-,20-/m1/s1. The third kappa shape index (κ3) is 2.82. The molecule has 1 N–H and O–H groups in total. The summed E-state index contributed by atoms with van der Waals surface area (Å²) in [4.78, 5) is 6.99. The molecule has 1 aromatic heterocycles. The molecule has 0 aliphatic carbocycles. The molecule has 24 heavy (non-hydrogen) atoms. The summed E-state index contributed by atoms with van der Waals surface area (Å²) < 4.78 is 0. The van der Waals surface area contributed by atoms with Gasteiger partial charge in [0, 0.05) is 43.1 Å². The quantitative estimate of drug-likeness (QED) is 0.936. The van der Waals surface area contributed by atoms with E-state index in [4.69, 9.17) is 0 Å². The molecule has 0 saturated carbocycles. The fourth-order valence-corrected chi connectivity index (χ4v) is 4.42. The zero-order valence-electron chi connectivity index (χ0n) is 14.8. The Morgan fingerprint density at radius 1 is 1.25 bits per heavy atom. The van der Waals surface area contributed by atoms with Gasteiger partial charge in [0.05, 0.1) is 0 Å². The van der Waals surface area contributed by atoms with Gasteiger partial charge in [-0.15, -0.1) is 0 Å². The van der Waals surface area contributed by atoms with Crippen molar-refractivity contribution in [3.8, 4) is 0 Å². The summed E-state index contributed by atoms with van der Waals surface area (Å²) in [5, 5.41) is 3.65. The van der Waals surface area contributed by atoms with Crippen LogP contribution in [-0.4, -0.2) is 30.7 Å². The van der Waals surface area contributed by atoms with Crippen LogP contribution in [0.1, 0.15) is 41.0 Å². The molecule has 3 heterocycles. The Balaban J connectivity index is 1.62. The van der Waals surface area contributed by atoms with E-state index in [0.29, 0.717) is 12.0 Å². The largest absolute Gasteiger partial charge is 0.367 e. The van der Waals surface area contributed by atoms with Crippen molar-refractivity contribution in [2.24, 2.45) is 0 Å². The molecule has 1 fully saturated rings. The molecule has 2 aliphatic rings. The highest BCUT2D eigenvalue weighted by molar-refractivity contribution is 5.63. The van der Waals surface area contributed by atoms with Crippen LogP contribution in [0.15, 0.2) is 36.7 Å². The van der Waals surface area contributed by atoms with Crippen molar-refractivity contribution in [2.75, 3.05) is 24.5 Å². The van der Waals surface area contributed by atoms with E-state index in [1.165, 1.54) is 35.2 Å². The van der Waals surface area contributed by atoms with Crippen LogP contribution in [0.25, 0.3) is 0 Å². The molecular formula is C21H27N3. The minimum absolute atomic E-state index is 0.636. The monoisotopic (exact) mass is 321 g/mol. The fourth-order valence-electron chi connectivity index (χ4n) is 4.42. The summed E-state index contributed by atoms with van der Waals surface area (Å²) in [5.41, 5.74) is 7.12. The van der Waals surface area contributed by atoms with Gasteiger partial charge in [0.1, 0.15) is 0 Å². The molecule has 3 nitrogen and oxygen atoms in total. The second-order valence-corrected chi connectivity index (χ2v) is 7.33. The number of anilines is 1. The number of nitrogens with zero attached hydrogens (tertiary/aromatic N) is 2. The number of benzene rings is 1. The lowest BCUT2D eigenvalue weighted by atomic mass is 9.92. The lowest BCUT2D eigenvalue weighted by Crippen LogP contribution is -2.36. The Morgan fingerprint density at radius 3 is 3.04 bits per heavy atom. The Bertz CT molecular complexity index is 725. The summed E-state index contributed by atoms with van der Waals surface area (Å²) in [6.45, 7) is 7.76. The lowest BCUT2D eigenvalue weighted by molar-refractivity contribution is 0.512. The average Bonchev–Trinajstić information content (AvgIpc) is 2.74. The van der Waals surface area contributed by atoms with Gasteiger partial charge in [0.25, 0.3) is 0 Å². The van der Waals surface area contributed by atoms with Gasteiger partial charge < -0.3 is 10.2 Å². The molecule has 0 bridgehead atoms. The molecule has 0 radical (unpaired) electrons. The highest BCUT2D eigenvalue weighted by Crippen LogP contribution is 2.43. The number of pyridine rings is 1. The van der Waals surface area contributed by atoms with E-state index in [0.717, 1.165) is 26.1 Å². The van der Waals surface area contributed by atoms with E-state index in [9.17, 15) is 0 Å². The maximum atomic E-state index is 4.31. The van der Waals surface area contributed by atoms with Crippen LogP contribution in [0.3, 0.4) is 0 Å². The van der Waals surface area contributed by atoms with Crippen LogP contribution in [0, 0.1) is 13.8 Å². The highest BCUT2D eigenvalue weighted by atomic mass is 15.2. The zero-order valence-corrected chi connectivity index (χ0v) is 14.8. The summed E-state index contributed by atoms with van der Waals surface area (Å²) in [6.07, 6.45) is 7.56. The summed E-state index contributed by atoms with van der Waals surface area (Å²) in [5.74, 6) is 0.636. The van der Waals surface area contributed by atoms with Crippen molar-refractivity contribution in [1.82, 2.24) is 10.3 Å². The van der Waals surface area contributed by atoms with Gasteiger partial charge in [0.2, 0.25) is 0 Å². The van der Waals surface area contributed by atoms with E-state index in [1.807, 2.05) is 12.4 Å². The van der Waals surface area contributed by atoms with Crippen molar-refractivity contribution < 1.29 is 0 Å². The number of nitrogens with one attached hydrogen (secondary N) is 1. The fraction of sp³-hybridized carbons (Fsp3) is 0.476. The van der Waals surface area contributed by atoms with Crippen molar-refractivity contribution in [2.45, 2.75) is 45.1 Å². The first-order valence-electron chi connectivity index (χ1n) is 9.21. The van der Waals surface area contributed by atoms with Gasteiger partial charge in [-0.2, -0.15) is 0 Å². The van der Waals surface area contributed by atoms with E-state index in [2.05, 4.69) is 53.3 Å². The highest BCUT2D eigenvalue weighted by Gasteiger charge is 2.38. The third-order valence-electron chi connectivity index (χ3n) is 5.74. The number of fused-ring (bicyclic) bond motifs is 3. The number of hydrogen-bond acceptors (Lipinski definition) is 3. The van der Waals surface area contributed by atoms with E-state index in [1.54, 1.807) is 5.56 Å². The molecule has 2 atom stereocenters. The summed E-state index contributed by atoms with van der Waals surface area (Å²) in [7, 11) is 0. The first kappa shape index (κ1) is 15.6. The van der Waals surface area contributed by atoms with Gasteiger partial charge in [-0.3, -0.25) is 4.98 Å². The first-order valence-corrected chi connectivity index (χ1v) is 9.21. The maximum absolute atomic E-state index is 4.31. The molecule has 3 heteroatoms. The van der Waals surface area contributed by atoms with Crippen molar-refractivity contribution in [3.05, 3.63) is 58.9 Å². The molecule has 0 amide bonds. The van der Waals surface area contributed by atoms with Gasteiger partial charge >= 0.3 is 0 Å². The zero-order chi connectivity index (χ0) is 16.5. The van der Waals surface area contributed by atoms with Crippen molar-refractivity contribution in [1.29, 1.82) is 0 Å². The van der Waals surface area contributed by atoms with Gasteiger partial charge in [-0.05, 0) is 68.5 Å². The SMILES string of the molecule is Cc1ccc2c(c1)[C@H]1CNCCC[C@H]1N2CCc1cnccc1C. The Hall–Kier alpha value is -1.87. The predicted octanol–water partition coefficient (Wildman–Crippen LogP) is 3.60. The third-order valence-corrected chi connectivity index (χ3v) is 5.74. The minimum Gasteiger partial charge on any atom is -0.367 e. The molecule has 0 spiro atoms. The van der Waals surface area contributed by atoms with E-state index < -0.39 is 0 Å². The van der Waals surface area contributed by atoms with E-state index in [-0.39, 0.29) is 0 Å². The molecule has 2 aliphatic heterocycles. The summed E-state index contributed by atoms with van der Waals surface area (Å²) in [6, 6.07) is 9.79. The summed E-state index contributed by atoms with van der Waals surface area (Å²) >= 11 is 0. The number of hydrogen-bond donors (Lipinski definition) is 1. The second kappa shape index (κ2) is 6.56. The normalized spacial score (nSPS) is 22.8.